The molecule has 2 rings (SSSR count). The first-order valence-electron chi connectivity index (χ1n) is 7.76. The van der Waals surface area contributed by atoms with Gasteiger partial charge in [-0.3, -0.25) is 4.79 Å². The van der Waals surface area contributed by atoms with E-state index in [1.54, 1.807) is 49.4 Å². The Hall–Kier alpha value is -3.02. The number of methoxy groups -OCH3 is 2. The molecule has 6 heteroatoms. The van der Waals surface area contributed by atoms with Crippen LogP contribution in [0.1, 0.15) is 23.7 Å². The molecule has 132 valence electrons. The van der Waals surface area contributed by atoms with Crippen LogP contribution >= 0.6 is 0 Å². The van der Waals surface area contributed by atoms with E-state index < -0.39 is 5.97 Å². The van der Waals surface area contributed by atoms with Crippen molar-refractivity contribution in [3.8, 4) is 23.0 Å². The number of carbonyl (C=O) groups excluding carboxylic acids is 2. The summed E-state index contributed by atoms with van der Waals surface area (Å²) in [6.07, 6.45) is 0.438. The van der Waals surface area contributed by atoms with Crippen molar-refractivity contribution in [1.29, 1.82) is 0 Å². The van der Waals surface area contributed by atoms with Crippen LogP contribution in [0.25, 0.3) is 0 Å². The number of para-hydroxylation sites is 1. The lowest BCUT2D eigenvalue weighted by Gasteiger charge is -2.13. The van der Waals surface area contributed by atoms with Crippen molar-refractivity contribution >= 4 is 11.8 Å². The lowest BCUT2D eigenvalue weighted by atomic mass is 10.1. The third kappa shape index (κ3) is 4.73. The molecular weight excluding hydrogens is 324 g/mol. The van der Waals surface area contributed by atoms with E-state index in [1.807, 2.05) is 0 Å². The summed E-state index contributed by atoms with van der Waals surface area (Å²) in [7, 11) is 2.95. The summed E-state index contributed by atoms with van der Waals surface area (Å²) in [5.41, 5.74) is 0.608. The minimum atomic E-state index is -0.600. The summed E-state index contributed by atoms with van der Waals surface area (Å²) in [6, 6.07) is 11.7. The van der Waals surface area contributed by atoms with E-state index in [2.05, 4.69) is 0 Å². The number of Topliss-reactive ketones (excluding diaryl/α,β-unsaturated/α-hetero) is 1. The Morgan fingerprint density at radius 2 is 1.52 bits per heavy atom. The first kappa shape index (κ1) is 18.3. The molecule has 6 nitrogen and oxygen atoms in total. The van der Waals surface area contributed by atoms with E-state index in [0.29, 0.717) is 29.2 Å². The number of ether oxygens (including phenoxy) is 4. The maximum Gasteiger partial charge on any atom is 0.349 e. The number of rotatable bonds is 8. The summed E-state index contributed by atoms with van der Waals surface area (Å²) >= 11 is 0. The predicted octanol–water partition coefficient (Wildman–Crippen LogP) is 3.28. The van der Waals surface area contributed by atoms with Crippen LogP contribution in [0, 0.1) is 0 Å². The zero-order valence-corrected chi connectivity index (χ0v) is 14.4. The monoisotopic (exact) mass is 344 g/mol. The zero-order chi connectivity index (χ0) is 18.2. The van der Waals surface area contributed by atoms with Crippen molar-refractivity contribution < 1.29 is 28.5 Å². The van der Waals surface area contributed by atoms with Gasteiger partial charge in [0.2, 0.25) is 5.75 Å². The van der Waals surface area contributed by atoms with Crippen LogP contribution in [-0.4, -0.2) is 32.6 Å². The Labute approximate surface area is 146 Å². The van der Waals surface area contributed by atoms with Crippen molar-refractivity contribution in [2.45, 2.75) is 13.3 Å². The van der Waals surface area contributed by atoms with Crippen LogP contribution in [0.2, 0.25) is 0 Å². The molecule has 0 unspecified atom stereocenters. The van der Waals surface area contributed by atoms with E-state index in [4.69, 9.17) is 18.9 Å². The Morgan fingerprint density at radius 1 is 0.920 bits per heavy atom. The summed E-state index contributed by atoms with van der Waals surface area (Å²) < 4.78 is 21.0. The summed E-state index contributed by atoms with van der Waals surface area (Å²) in [6.45, 7) is 1.51. The maximum absolute atomic E-state index is 12.0. The quantitative estimate of drug-likeness (QED) is 0.416. The molecule has 0 atom stereocenters. The average molecular weight is 344 g/mol. The lowest BCUT2D eigenvalue weighted by Crippen LogP contribution is -2.18. The van der Waals surface area contributed by atoms with Gasteiger partial charge >= 0.3 is 5.97 Å². The molecule has 0 bridgehead atoms. The van der Waals surface area contributed by atoms with Gasteiger partial charge in [-0.2, -0.15) is 0 Å². The Kier molecular flexibility index (Phi) is 6.39. The number of benzene rings is 2. The molecule has 0 heterocycles. The fraction of sp³-hybridized carbons (Fsp3) is 0.263. The minimum Gasteiger partial charge on any atom is -0.493 e. The van der Waals surface area contributed by atoms with Crippen molar-refractivity contribution in [3.05, 3.63) is 48.0 Å². The van der Waals surface area contributed by atoms with Crippen molar-refractivity contribution in [2.24, 2.45) is 0 Å². The zero-order valence-electron chi connectivity index (χ0n) is 14.4. The second kappa shape index (κ2) is 8.73. The van der Waals surface area contributed by atoms with E-state index in [1.165, 1.54) is 14.2 Å². The van der Waals surface area contributed by atoms with Gasteiger partial charge in [0.1, 0.15) is 5.75 Å². The third-order valence-electron chi connectivity index (χ3n) is 3.45. The van der Waals surface area contributed by atoms with Gasteiger partial charge in [-0.25, -0.2) is 4.79 Å². The van der Waals surface area contributed by atoms with E-state index in [9.17, 15) is 9.59 Å². The molecule has 2 aromatic carbocycles. The van der Waals surface area contributed by atoms with Crippen molar-refractivity contribution in [2.75, 3.05) is 20.8 Å². The highest BCUT2D eigenvalue weighted by molar-refractivity contribution is 5.95. The fourth-order valence-corrected chi connectivity index (χ4v) is 2.14. The van der Waals surface area contributed by atoms with Gasteiger partial charge < -0.3 is 18.9 Å². The SMILES string of the molecule is CCC(=O)c1ccc(OCC(=O)Oc2c(OC)cccc2OC)cc1. The number of hydrogen-bond acceptors (Lipinski definition) is 6. The molecule has 0 aromatic heterocycles. The summed E-state index contributed by atoms with van der Waals surface area (Å²) in [4.78, 5) is 23.6. The molecule has 2 aromatic rings. The highest BCUT2D eigenvalue weighted by Gasteiger charge is 2.16. The molecule has 0 N–H and O–H groups in total. The normalized spacial score (nSPS) is 10.0. The molecular formula is C19H20O6. The van der Waals surface area contributed by atoms with Crippen LogP contribution in [0.3, 0.4) is 0 Å². The number of hydrogen-bond donors (Lipinski definition) is 0. The Balaban J connectivity index is 1.98. The third-order valence-corrected chi connectivity index (χ3v) is 3.45. The Morgan fingerprint density at radius 3 is 2.04 bits per heavy atom. The first-order valence-corrected chi connectivity index (χ1v) is 7.76. The summed E-state index contributed by atoms with van der Waals surface area (Å²) in [5.74, 6) is 0.887. The fourth-order valence-electron chi connectivity index (χ4n) is 2.14. The van der Waals surface area contributed by atoms with Gasteiger partial charge in [-0.05, 0) is 36.4 Å². The van der Waals surface area contributed by atoms with Crippen molar-refractivity contribution in [3.63, 3.8) is 0 Å². The van der Waals surface area contributed by atoms with Gasteiger partial charge in [0, 0.05) is 12.0 Å². The molecule has 0 spiro atoms. The lowest BCUT2D eigenvalue weighted by molar-refractivity contribution is -0.136. The summed E-state index contributed by atoms with van der Waals surface area (Å²) in [5, 5.41) is 0. The van der Waals surface area contributed by atoms with E-state index >= 15 is 0 Å². The van der Waals surface area contributed by atoms with Gasteiger partial charge in [0.25, 0.3) is 0 Å². The molecule has 0 fully saturated rings. The van der Waals surface area contributed by atoms with Gasteiger partial charge in [-0.1, -0.05) is 13.0 Å². The van der Waals surface area contributed by atoms with E-state index in [-0.39, 0.29) is 18.1 Å². The predicted molar refractivity (Wildman–Crippen MR) is 91.7 cm³/mol. The minimum absolute atomic E-state index is 0.0502. The standard InChI is InChI=1S/C19H20O6/c1-4-15(20)13-8-10-14(11-9-13)24-12-18(21)25-19-16(22-2)6-5-7-17(19)23-3/h5-11H,4,12H2,1-3H3. The van der Waals surface area contributed by atoms with E-state index in [0.717, 1.165) is 0 Å². The largest absolute Gasteiger partial charge is 0.493 e. The molecule has 0 amide bonds. The van der Waals surface area contributed by atoms with Crippen LogP contribution in [-0.2, 0) is 4.79 Å². The average Bonchev–Trinajstić information content (AvgIpc) is 2.66. The molecule has 0 saturated heterocycles. The number of carbonyl (C=O) groups is 2. The molecule has 0 aliphatic heterocycles. The second-order valence-corrected chi connectivity index (χ2v) is 5.06. The number of esters is 1. The van der Waals surface area contributed by atoms with Gasteiger partial charge in [0.05, 0.1) is 14.2 Å². The van der Waals surface area contributed by atoms with Crippen LogP contribution in [0.15, 0.2) is 42.5 Å². The second-order valence-electron chi connectivity index (χ2n) is 5.06. The maximum atomic E-state index is 12.0. The van der Waals surface area contributed by atoms with Crippen molar-refractivity contribution in [1.82, 2.24) is 0 Å². The molecule has 25 heavy (non-hydrogen) atoms. The number of ketones is 1. The molecule has 0 aliphatic rings. The molecule has 0 aliphatic carbocycles. The smallest absolute Gasteiger partial charge is 0.349 e. The molecule has 0 radical (unpaired) electrons. The highest BCUT2D eigenvalue weighted by Crippen LogP contribution is 2.36. The van der Waals surface area contributed by atoms with Crippen LogP contribution in [0.4, 0.5) is 0 Å². The highest BCUT2D eigenvalue weighted by atomic mass is 16.6. The van der Waals surface area contributed by atoms with Gasteiger partial charge in [0.15, 0.2) is 23.9 Å². The van der Waals surface area contributed by atoms with Crippen LogP contribution in [0.5, 0.6) is 23.0 Å². The molecule has 0 saturated carbocycles. The van der Waals surface area contributed by atoms with Crippen LogP contribution < -0.4 is 18.9 Å². The first-order chi connectivity index (χ1) is 12.1. The Bertz CT molecular complexity index is 714. The van der Waals surface area contributed by atoms with Gasteiger partial charge in [-0.15, -0.1) is 0 Å². The topological polar surface area (TPSA) is 71.1 Å².